The molecule has 1 amide bonds. The molecule has 0 radical (unpaired) electrons. The molecular formula is C21H23N3O3S2. The van der Waals surface area contributed by atoms with Crippen molar-refractivity contribution in [1.29, 1.82) is 0 Å². The first-order valence-corrected chi connectivity index (χ1v) is 10.8. The molecule has 1 unspecified atom stereocenters. The summed E-state index contributed by atoms with van der Waals surface area (Å²) in [6.45, 7) is 4.04. The van der Waals surface area contributed by atoms with Gasteiger partial charge in [0.05, 0.1) is 25.0 Å². The molecule has 1 heterocycles. The Morgan fingerprint density at radius 3 is 2.55 bits per heavy atom. The van der Waals surface area contributed by atoms with Crippen LogP contribution in [0.25, 0.3) is 10.6 Å². The van der Waals surface area contributed by atoms with E-state index < -0.39 is 0 Å². The lowest BCUT2D eigenvalue weighted by Crippen LogP contribution is -2.24. The summed E-state index contributed by atoms with van der Waals surface area (Å²) in [6, 6.07) is 13.7. The Morgan fingerprint density at radius 1 is 1.14 bits per heavy atom. The molecule has 3 rings (SSSR count). The molecule has 0 aliphatic heterocycles. The van der Waals surface area contributed by atoms with Gasteiger partial charge in [0.2, 0.25) is 11.0 Å². The predicted octanol–water partition coefficient (Wildman–Crippen LogP) is 5.04. The Labute approximate surface area is 178 Å². The van der Waals surface area contributed by atoms with E-state index in [1.807, 2.05) is 50.2 Å². The molecule has 1 atom stereocenters. The summed E-state index contributed by atoms with van der Waals surface area (Å²) in [5.41, 5.74) is 1.99. The third-order valence-electron chi connectivity index (χ3n) is 4.26. The molecule has 6 nitrogen and oxygen atoms in total. The molecule has 29 heavy (non-hydrogen) atoms. The number of hydrogen-bond acceptors (Lipinski definition) is 7. The van der Waals surface area contributed by atoms with Crippen LogP contribution in [0.4, 0.5) is 5.13 Å². The van der Waals surface area contributed by atoms with Crippen LogP contribution in [-0.2, 0) is 4.79 Å². The first-order chi connectivity index (χ1) is 14.0. The van der Waals surface area contributed by atoms with Crippen LogP contribution in [0, 0.1) is 6.92 Å². The molecule has 1 N–H and O–H groups in total. The number of thioether (sulfide) groups is 1. The number of benzene rings is 2. The Hall–Kier alpha value is -2.58. The maximum atomic E-state index is 12.7. The highest BCUT2D eigenvalue weighted by Gasteiger charge is 2.20. The van der Waals surface area contributed by atoms with Crippen LogP contribution >= 0.6 is 23.1 Å². The minimum atomic E-state index is -0.208. The summed E-state index contributed by atoms with van der Waals surface area (Å²) in [5.74, 6) is 1.25. The van der Waals surface area contributed by atoms with Crippen LogP contribution in [0.2, 0.25) is 0 Å². The average molecular weight is 430 g/mol. The summed E-state index contributed by atoms with van der Waals surface area (Å²) in [4.78, 5) is 13.8. The van der Waals surface area contributed by atoms with E-state index in [4.69, 9.17) is 9.47 Å². The van der Waals surface area contributed by atoms with Crippen molar-refractivity contribution >= 4 is 34.1 Å². The van der Waals surface area contributed by atoms with Crippen LogP contribution in [-0.4, -0.2) is 35.6 Å². The number of carbonyl (C=O) groups is 1. The van der Waals surface area contributed by atoms with E-state index in [1.54, 1.807) is 32.0 Å². The van der Waals surface area contributed by atoms with Crippen molar-refractivity contribution in [2.75, 3.05) is 19.5 Å². The van der Waals surface area contributed by atoms with Crippen LogP contribution < -0.4 is 14.8 Å². The van der Waals surface area contributed by atoms with E-state index in [1.165, 1.54) is 16.9 Å². The fraction of sp³-hybridized carbons (Fsp3) is 0.286. The van der Waals surface area contributed by atoms with Gasteiger partial charge >= 0.3 is 0 Å². The fourth-order valence-electron chi connectivity index (χ4n) is 2.65. The molecule has 0 saturated heterocycles. The van der Waals surface area contributed by atoms with Gasteiger partial charge in [-0.25, -0.2) is 0 Å². The van der Waals surface area contributed by atoms with Crippen molar-refractivity contribution in [2.45, 2.75) is 30.4 Å². The molecular weight excluding hydrogens is 406 g/mol. The second-order valence-electron chi connectivity index (χ2n) is 6.30. The highest BCUT2D eigenvalue weighted by Crippen LogP contribution is 2.36. The minimum absolute atomic E-state index is 0.0810. The van der Waals surface area contributed by atoms with E-state index in [9.17, 15) is 4.79 Å². The number of carbonyl (C=O) groups excluding carboxylic acids is 1. The van der Waals surface area contributed by atoms with Gasteiger partial charge in [0.25, 0.3) is 0 Å². The Balaban J connectivity index is 1.71. The van der Waals surface area contributed by atoms with Crippen LogP contribution in [0.15, 0.2) is 47.4 Å². The number of rotatable bonds is 8. The molecule has 0 aliphatic carbocycles. The second-order valence-corrected chi connectivity index (χ2v) is 8.55. The van der Waals surface area contributed by atoms with Gasteiger partial charge in [0.1, 0.15) is 11.5 Å². The van der Waals surface area contributed by atoms with Crippen molar-refractivity contribution < 1.29 is 14.3 Å². The molecule has 0 fully saturated rings. The lowest BCUT2D eigenvalue weighted by molar-refractivity contribution is -0.115. The number of hydrogen-bond donors (Lipinski definition) is 1. The minimum Gasteiger partial charge on any atom is -0.497 e. The van der Waals surface area contributed by atoms with Gasteiger partial charge in [0.15, 0.2) is 5.01 Å². The zero-order valence-electron chi connectivity index (χ0n) is 16.8. The molecule has 0 saturated carbocycles. The number of nitrogens with zero attached hydrogens (tertiary/aromatic N) is 2. The normalized spacial score (nSPS) is 11.7. The van der Waals surface area contributed by atoms with Gasteiger partial charge in [-0.05, 0) is 37.6 Å². The molecule has 2 aromatic carbocycles. The van der Waals surface area contributed by atoms with Gasteiger partial charge in [-0.2, -0.15) is 0 Å². The van der Waals surface area contributed by atoms with E-state index in [-0.39, 0.29) is 11.2 Å². The SMILES string of the molecule is CCC(Sc1ccc(C)cc1)C(=O)Nc1nnc(-c2ccc(OC)cc2OC)s1. The maximum absolute atomic E-state index is 12.7. The van der Waals surface area contributed by atoms with Gasteiger partial charge in [-0.15, -0.1) is 22.0 Å². The van der Waals surface area contributed by atoms with Gasteiger partial charge in [0, 0.05) is 11.0 Å². The number of aromatic nitrogens is 2. The van der Waals surface area contributed by atoms with Gasteiger partial charge in [-0.3, -0.25) is 10.1 Å². The lowest BCUT2D eigenvalue weighted by Gasteiger charge is -2.13. The van der Waals surface area contributed by atoms with Crippen LogP contribution in [0.3, 0.4) is 0 Å². The smallest absolute Gasteiger partial charge is 0.239 e. The number of ether oxygens (including phenoxy) is 2. The Kier molecular flexibility index (Phi) is 7.11. The molecule has 1 aromatic heterocycles. The third kappa shape index (κ3) is 5.27. The molecule has 0 bridgehead atoms. The van der Waals surface area contributed by atoms with E-state index in [0.717, 1.165) is 10.5 Å². The van der Waals surface area contributed by atoms with Crippen LogP contribution in [0.1, 0.15) is 18.9 Å². The largest absolute Gasteiger partial charge is 0.497 e. The van der Waals surface area contributed by atoms with E-state index in [2.05, 4.69) is 15.5 Å². The number of aryl methyl sites for hydroxylation is 1. The standard InChI is InChI=1S/C21H23N3O3S2/c1-5-18(28-15-9-6-13(2)7-10-15)19(25)22-21-24-23-20(29-21)16-11-8-14(26-3)12-17(16)27-4/h6-12,18H,5H2,1-4H3,(H,22,24,25). The maximum Gasteiger partial charge on any atom is 0.239 e. The highest BCUT2D eigenvalue weighted by atomic mass is 32.2. The summed E-state index contributed by atoms with van der Waals surface area (Å²) in [6.07, 6.45) is 0.711. The summed E-state index contributed by atoms with van der Waals surface area (Å²) < 4.78 is 10.7. The molecule has 152 valence electrons. The number of anilines is 1. The van der Waals surface area contributed by atoms with Crippen molar-refractivity contribution in [3.63, 3.8) is 0 Å². The molecule has 3 aromatic rings. The second kappa shape index (κ2) is 9.76. The van der Waals surface area contributed by atoms with Gasteiger partial charge < -0.3 is 9.47 Å². The van der Waals surface area contributed by atoms with E-state index >= 15 is 0 Å². The van der Waals surface area contributed by atoms with Crippen molar-refractivity contribution in [2.24, 2.45) is 0 Å². The molecule has 0 aliphatic rings. The van der Waals surface area contributed by atoms with Crippen molar-refractivity contribution in [3.05, 3.63) is 48.0 Å². The summed E-state index contributed by atoms with van der Waals surface area (Å²) in [5, 5.41) is 12.2. The highest BCUT2D eigenvalue weighted by molar-refractivity contribution is 8.00. The number of amides is 1. The summed E-state index contributed by atoms with van der Waals surface area (Å²) >= 11 is 2.86. The Bertz CT molecular complexity index is 974. The first kappa shape index (κ1) is 21.1. The zero-order valence-corrected chi connectivity index (χ0v) is 18.4. The van der Waals surface area contributed by atoms with Gasteiger partial charge in [-0.1, -0.05) is 36.0 Å². The van der Waals surface area contributed by atoms with Crippen molar-refractivity contribution in [1.82, 2.24) is 10.2 Å². The number of methoxy groups -OCH3 is 2. The molecule has 8 heteroatoms. The fourth-order valence-corrected chi connectivity index (χ4v) is 4.38. The average Bonchev–Trinajstić information content (AvgIpc) is 3.20. The zero-order chi connectivity index (χ0) is 20.8. The summed E-state index contributed by atoms with van der Waals surface area (Å²) in [7, 11) is 3.20. The first-order valence-electron chi connectivity index (χ1n) is 9.14. The van der Waals surface area contributed by atoms with E-state index in [0.29, 0.717) is 28.1 Å². The Morgan fingerprint density at radius 2 is 1.90 bits per heavy atom. The van der Waals surface area contributed by atoms with Crippen molar-refractivity contribution in [3.8, 4) is 22.1 Å². The number of nitrogens with one attached hydrogen (secondary N) is 1. The topological polar surface area (TPSA) is 73.3 Å². The predicted molar refractivity (Wildman–Crippen MR) is 118 cm³/mol. The quantitative estimate of drug-likeness (QED) is 0.506. The third-order valence-corrected chi connectivity index (χ3v) is 6.51. The monoisotopic (exact) mass is 429 g/mol. The lowest BCUT2D eigenvalue weighted by atomic mass is 10.2. The van der Waals surface area contributed by atoms with Crippen LogP contribution in [0.5, 0.6) is 11.5 Å². The molecule has 0 spiro atoms.